The predicted octanol–water partition coefficient (Wildman–Crippen LogP) is 3.13. The number of carbonyl (C=O) groups is 3. The molecular formula is C28H27ClF5N9O3. The van der Waals surface area contributed by atoms with Crippen LogP contribution in [0.2, 0.25) is 5.02 Å². The van der Waals surface area contributed by atoms with Crippen molar-refractivity contribution in [2.75, 3.05) is 31.5 Å². The molecule has 4 fully saturated rings. The number of anilines is 1. The summed E-state index contributed by atoms with van der Waals surface area (Å²) in [5.41, 5.74) is -1.65. The fourth-order valence-corrected chi connectivity index (χ4v) is 6.33. The second-order valence-electron chi connectivity index (χ2n) is 12.1. The number of aromatic nitrogens is 4. The molecule has 7 rings (SSSR count). The van der Waals surface area contributed by atoms with Crippen LogP contribution in [-0.4, -0.2) is 86.3 Å². The molecule has 4 amide bonds. The molecule has 4 atom stereocenters. The van der Waals surface area contributed by atoms with Crippen molar-refractivity contribution in [3.63, 3.8) is 0 Å². The number of nitrogens with one attached hydrogen (secondary N) is 4. The summed E-state index contributed by atoms with van der Waals surface area (Å²) in [4.78, 5) is 44.0. The molecule has 2 aromatic heterocycles. The Kier molecular flexibility index (Phi) is 7.04. The SMILES string of the molecule is Cn1c(-c2cn(C3CC3(F)F)nc2C(F)(F)F)cnc1C(=O)Nc1ccc(C(=O)NC2[C@H]3CN(C(=O)NC4CNC4)C[C@@H]23)c(Cl)c1. The van der Waals surface area contributed by atoms with E-state index in [2.05, 4.69) is 31.3 Å². The van der Waals surface area contributed by atoms with E-state index in [-0.39, 0.29) is 57.7 Å². The lowest BCUT2D eigenvalue weighted by molar-refractivity contribution is -0.141. The van der Waals surface area contributed by atoms with Gasteiger partial charge in [-0.1, -0.05) is 11.6 Å². The number of carbonyl (C=O) groups excluding carboxylic acids is 3. The van der Waals surface area contributed by atoms with E-state index in [0.29, 0.717) is 17.8 Å². The molecule has 4 N–H and O–H groups in total. The number of halogens is 6. The molecule has 0 radical (unpaired) electrons. The third-order valence-corrected chi connectivity index (χ3v) is 9.25. The minimum absolute atomic E-state index is 0.0517. The quantitative estimate of drug-likeness (QED) is 0.286. The van der Waals surface area contributed by atoms with Gasteiger partial charge in [-0.15, -0.1) is 0 Å². The molecule has 3 aromatic rings. The van der Waals surface area contributed by atoms with Crippen LogP contribution in [0.5, 0.6) is 0 Å². The molecular weight excluding hydrogens is 641 g/mol. The Morgan fingerprint density at radius 2 is 1.78 bits per heavy atom. The number of alkyl halides is 5. The molecule has 2 saturated carbocycles. The Hall–Kier alpha value is -4.25. The Labute approximate surface area is 262 Å². The number of hydrogen-bond acceptors (Lipinski definition) is 6. The van der Waals surface area contributed by atoms with Crippen LogP contribution >= 0.6 is 11.6 Å². The van der Waals surface area contributed by atoms with Crippen LogP contribution in [0.3, 0.4) is 0 Å². The van der Waals surface area contributed by atoms with E-state index in [9.17, 15) is 36.3 Å². The van der Waals surface area contributed by atoms with Crippen molar-refractivity contribution < 1.29 is 36.3 Å². The first-order valence-electron chi connectivity index (χ1n) is 14.5. The number of amides is 4. The summed E-state index contributed by atoms with van der Waals surface area (Å²) in [6.07, 6.45) is -3.65. The summed E-state index contributed by atoms with van der Waals surface area (Å²) in [5.74, 6) is -4.29. The molecule has 2 unspecified atom stereocenters. The Balaban J connectivity index is 0.983. The van der Waals surface area contributed by atoms with Crippen molar-refractivity contribution in [3.05, 3.63) is 52.7 Å². The van der Waals surface area contributed by atoms with Crippen LogP contribution in [0.25, 0.3) is 11.3 Å². The maximum absolute atomic E-state index is 13.7. The van der Waals surface area contributed by atoms with Crippen molar-refractivity contribution in [2.45, 2.75) is 36.6 Å². The van der Waals surface area contributed by atoms with Crippen LogP contribution in [-0.2, 0) is 13.2 Å². The van der Waals surface area contributed by atoms with Crippen LogP contribution < -0.4 is 21.3 Å². The van der Waals surface area contributed by atoms with Gasteiger partial charge in [-0.3, -0.25) is 14.3 Å². The Morgan fingerprint density at radius 3 is 2.37 bits per heavy atom. The smallest absolute Gasteiger partial charge is 0.349 e. The van der Waals surface area contributed by atoms with Crippen molar-refractivity contribution in [2.24, 2.45) is 18.9 Å². The summed E-state index contributed by atoms with van der Waals surface area (Å²) >= 11 is 6.37. The first-order chi connectivity index (χ1) is 21.7. The van der Waals surface area contributed by atoms with Gasteiger partial charge in [-0.05, 0) is 18.2 Å². The molecule has 4 heterocycles. The predicted molar refractivity (Wildman–Crippen MR) is 152 cm³/mol. The van der Waals surface area contributed by atoms with Gasteiger partial charge in [0, 0.05) is 69.4 Å². The highest BCUT2D eigenvalue weighted by Crippen LogP contribution is 2.53. The third kappa shape index (κ3) is 5.44. The average molecular weight is 668 g/mol. The standard InChI is InChI=1S/C28H27ClF5N9O3/c1-41-19(17-11-43(20-5-27(20,30)31)40-22(17)28(32,33)34)8-36-23(41)25(45)37-12-2-3-14(18(29)4-12)24(44)39-21-15-9-42(10-16(15)21)26(46)38-13-6-35-7-13/h2-4,8,11,13,15-16,20-21,35H,5-7,9-10H2,1H3,(H,37,45)(H,38,46)(H,39,44)/t15-,16+,20?,21?. The van der Waals surface area contributed by atoms with Gasteiger partial charge in [0.2, 0.25) is 0 Å². The van der Waals surface area contributed by atoms with Crippen LogP contribution in [0.15, 0.2) is 30.6 Å². The number of hydrogen-bond donors (Lipinski definition) is 4. The normalized spacial score (nSPS) is 24.6. The van der Waals surface area contributed by atoms with E-state index in [4.69, 9.17) is 11.6 Å². The van der Waals surface area contributed by atoms with E-state index in [0.717, 1.165) is 30.1 Å². The first-order valence-corrected chi connectivity index (χ1v) is 14.8. The van der Waals surface area contributed by atoms with Gasteiger partial charge in [0.15, 0.2) is 11.5 Å². The second-order valence-corrected chi connectivity index (χ2v) is 12.5. The minimum Gasteiger partial charge on any atom is -0.349 e. The molecule has 4 aliphatic rings. The Bertz CT molecular complexity index is 1740. The zero-order valence-corrected chi connectivity index (χ0v) is 24.8. The molecule has 0 spiro atoms. The fraction of sp³-hybridized carbons (Fsp3) is 0.464. The van der Waals surface area contributed by atoms with Crippen LogP contribution in [0.4, 0.5) is 32.4 Å². The van der Waals surface area contributed by atoms with E-state index in [1.165, 1.54) is 25.2 Å². The number of likely N-dealkylation sites (tertiary alicyclic amines) is 1. The molecule has 0 bridgehead atoms. The van der Waals surface area contributed by atoms with Gasteiger partial charge < -0.3 is 30.7 Å². The number of imidazole rings is 1. The van der Waals surface area contributed by atoms with Crippen molar-refractivity contribution >= 4 is 35.1 Å². The summed E-state index contributed by atoms with van der Waals surface area (Å²) in [6, 6.07) is 2.71. The highest BCUT2D eigenvalue weighted by molar-refractivity contribution is 6.34. The lowest BCUT2D eigenvalue weighted by Gasteiger charge is -2.30. The van der Waals surface area contributed by atoms with Gasteiger partial charge in [-0.2, -0.15) is 18.3 Å². The highest BCUT2D eigenvalue weighted by Gasteiger charge is 2.60. The maximum Gasteiger partial charge on any atom is 0.435 e. The lowest BCUT2D eigenvalue weighted by atomic mass is 10.2. The number of benzene rings is 1. The Morgan fingerprint density at radius 1 is 1.09 bits per heavy atom. The molecule has 2 aliphatic heterocycles. The van der Waals surface area contributed by atoms with Crippen molar-refractivity contribution in [1.82, 2.24) is 40.2 Å². The molecule has 2 saturated heterocycles. The lowest BCUT2D eigenvalue weighted by Crippen LogP contribution is -2.59. The van der Waals surface area contributed by atoms with Gasteiger partial charge in [-0.25, -0.2) is 18.6 Å². The molecule has 18 heteroatoms. The fourth-order valence-electron chi connectivity index (χ4n) is 6.06. The second kappa shape index (κ2) is 10.7. The molecule has 1 aromatic carbocycles. The van der Waals surface area contributed by atoms with Crippen LogP contribution in [0.1, 0.15) is 39.1 Å². The van der Waals surface area contributed by atoms with Gasteiger partial charge in [0.1, 0.15) is 6.04 Å². The minimum atomic E-state index is -4.94. The molecule has 2 aliphatic carbocycles. The van der Waals surface area contributed by atoms with E-state index in [1.54, 1.807) is 4.90 Å². The number of fused-ring (bicyclic) bond motifs is 1. The van der Waals surface area contributed by atoms with E-state index in [1.807, 2.05) is 0 Å². The third-order valence-electron chi connectivity index (χ3n) is 8.94. The van der Waals surface area contributed by atoms with Crippen LogP contribution in [0, 0.1) is 11.8 Å². The van der Waals surface area contributed by atoms with Gasteiger partial charge >= 0.3 is 12.2 Å². The number of nitrogens with zero attached hydrogens (tertiary/aromatic N) is 5. The topological polar surface area (TPSA) is 138 Å². The number of rotatable bonds is 7. The zero-order valence-electron chi connectivity index (χ0n) is 24.0. The van der Waals surface area contributed by atoms with E-state index < -0.39 is 47.6 Å². The van der Waals surface area contributed by atoms with Gasteiger partial charge in [0.25, 0.3) is 17.7 Å². The molecule has 46 heavy (non-hydrogen) atoms. The summed E-state index contributed by atoms with van der Waals surface area (Å²) in [7, 11) is 1.31. The maximum atomic E-state index is 13.7. The van der Waals surface area contributed by atoms with Crippen molar-refractivity contribution in [1.29, 1.82) is 0 Å². The van der Waals surface area contributed by atoms with Gasteiger partial charge in [0.05, 0.1) is 34.1 Å². The molecule has 12 nitrogen and oxygen atoms in total. The summed E-state index contributed by atoms with van der Waals surface area (Å²) in [5, 5.41) is 15.0. The number of piperidine rings is 1. The summed E-state index contributed by atoms with van der Waals surface area (Å²) in [6.45, 7) is 2.60. The average Bonchev–Trinajstić information content (AvgIpc) is 3.47. The molecule has 244 valence electrons. The van der Waals surface area contributed by atoms with Crippen molar-refractivity contribution in [3.8, 4) is 11.3 Å². The summed E-state index contributed by atoms with van der Waals surface area (Å²) < 4.78 is 70.0. The zero-order chi connectivity index (χ0) is 32.7. The first kappa shape index (κ1) is 30.4. The highest BCUT2D eigenvalue weighted by atomic mass is 35.5. The number of urea groups is 1. The largest absolute Gasteiger partial charge is 0.435 e. The van der Waals surface area contributed by atoms with E-state index >= 15 is 0 Å². The monoisotopic (exact) mass is 667 g/mol.